The van der Waals surface area contributed by atoms with Gasteiger partial charge in [-0.15, -0.1) is 11.3 Å². The maximum atomic E-state index is 12.6. The number of hydrogen-bond acceptors (Lipinski definition) is 2. The summed E-state index contributed by atoms with van der Waals surface area (Å²) >= 11 is 1.56. The minimum atomic E-state index is 0.125. The lowest BCUT2D eigenvalue weighted by Gasteiger charge is -2.04. The van der Waals surface area contributed by atoms with Gasteiger partial charge in [-0.05, 0) is 53.8 Å². The summed E-state index contributed by atoms with van der Waals surface area (Å²) in [5.74, 6) is 0.125. The van der Waals surface area contributed by atoms with Gasteiger partial charge in [0.25, 0.3) is 0 Å². The average Bonchev–Trinajstić information content (AvgIpc) is 3.09. The van der Waals surface area contributed by atoms with Crippen molar-refractivity contribution in [3.05, 3.63) is 81.0 Å². The molecule has 21 heavy (non-hydrogen) atoms. The van der Waals surface area contributed by atoms with Crippen molar-refractivity contribution < 1.29 is 4.79 Å². The van der Waals surface area contributed by atoms with Crippen molar-refractivity contribution in [3.8, 4) is 11.1 Å². The summed E-state index contributed by atoms with van der Waals surface area (Å²) in [6.45, 7) is 2.03. The lowest BCUT2D eigenvalue weighted by molar-refractivity contribution is 0.104. The van der Waals surface area contributed by atoms with E-state index in [-0.39, 0.29) is 5.78 Å². The number of benzene rings is 2. The molecular weight excluding hydrogens is 276 g/mol. The van der Waals surface area contributed by atoms with Crippen LogP contribution in [0.15, 0.2) is 54.6 Å². The minimum Gasteiger partial charge on any atom is -0.288 e. The molecule has 0 saturated carbocycles. The SMILES string of the molecule is Cc1ccc(C(=O)c2ccc3c(c2)-c2ccccc2C3)s1. The number of rotatable bonds is 2. The molecule has 0 unspecified atom stereocenters. The first-order valence-corrected chi connectivity index (χ1v) is 7.86. The Morgan fingerprint density at radius 1 is 0.952 bits per heavy atom. The van der Waals surface area contributed by atoms with Gasteiger partial charge in [0.05, 0.1) is 4.88 Å². The molecule has 4 rings (SSSR count). The van der Waals surface area contributed by atoms with Gasteiger partial charge >= 0.3 is 0 Å². The molecule has 0 amide bonds. The molecule has 2 aromatic carbocycles. The van der Waals surface area contributed by atoms with Gasteiger partial charge in [0, 0.05) is 10.4 Å². The van der Waals surface area contributed by atoms with Crippen LogP contribution >= 0.6 is 11.3 Å². The van der Waals surface area contributed by atoms with E-state index < -0.39 is 0 Å². The van der Waals surface area contributed by atoms with Crippen molar-refractivity contribution in [1.29, 1.82) is 0 Å². The third kappa shape index (κ3) is 2.03. The highest BCUT2D eigenvalue weighted by Gasteiger charge is 2.20. The van der Waals surface area contributed by atoms with Crippen molar-refractivity contribution in [2.45, 2.75) is 13.3 Å². The summed E-state index contributed by atoms with van der Waals surface area (Å²) in [6, 6.07) is 18.5. The van der Waals surface area contributed by atoms with Gasteiger partial charge in [-0.3, -0.25) is 4.79 Å². The second kappa shape index (κ2) is 4.68. The van der Waals surface area contributed by atoms with Crippen LogP contribution in [-0.2, 0) is 6.42 Å². The number of hydrogen-bond donors (Lipinski definition) is 0. The van der Waals surface area contributed by atoms with Crippen molar-refractivity contribution in [2.24, 2.45) is 0 Å². The topological polar surface area (TPSA) is 17.1 Å². The van der Waals surface area contributed by atoms with Crippen LogP contribution in [0.2, 0.25) is 0 Å². The molecule has 3 aromatic rings. The molecule has 0 spiro atoms. The molecule has 0 fully saturated rings. The zero-order chi connectivity index (χ0) is 14.4. The van der Waals surface area contributed by atoms with Crippen LogP contribution in [0.3, 0.4) is 0 Å². The van der Waals surface area contributed by atoms with E-state index >= 15 is 0 Å². The summed E-state index contributed by atoms with van der Waals surface area (Å²) in [6.07, 6.45) is 0.970. The zero-order valence-corrected chi connectivity index (χ0v) is 12.5. The Balaban J connectivity index is 1.79. The Morgan fingerprint density at radius 2 is 1.76 bits per heavy atom. The van der Waals surface area contributed by atoms with E-state index in [0.717, 1.165) is 16.9 Å². The van der Waals surface area contributed by atoms with E-state index in [9.17, 15) is 4.79 Å². The molecule has 2 heteroatoms. The third-order valence-electron chi connectivity index (χ3n) is 4.02. The maximum absolute atomic E-state index is 12.6. The molecule has 0 aliphatic heterocycles. The molecule has 1 nitrogen and oxygen atoms in total. The fraction of sp³-hybridized carbons (Fsp3) is 0.105. The molecule has 0 N–H and O–H groups in total. The van der Waals surface area contributed by atoms with Crippen LogP contribution in [0, 0.1) is 6.92 Å². The van der Waals surface area contributed by atoms with Crippen LogP contribution in [0.1, 0.15) is 31.2 Å². The zero-order valence-electron chi connectivity index (χ0n) is 11.7. The van der Waals surface area contributed by atoms with Crippen LogP contribution in [-0.4, -0.2) is 5.78 Å². The predicted molar refractivity (Wildman–Crippen MR) is 87.2 cm³/mol. The molecule has 1 heterocycles. The molecule has 0 bridgehead atoms. The summed E-state index contributed by atoms with van der Waals surface area (Å²) < 4.78 is 0. The van der Waals surface area contributed by atoms with E-state index in [2.05, 4.69) is 36.4 Å². The Kier molecular flexibility index (Phi) is 2.79. The van der Waals surface area contributed by atoms with Gasteiger partial charge in [0.15, 0.2) is 0 Å². The van der Waals surface area contributed by atoms with Gasteiger partial charge in [-0.2, -0.15) is 0 Å². The Bertz CT molecular complexity index is 858. The van der Waals surface area contributed by atoms with Crippen LogP contribution < -0.4 is 0 Å². The fourth-order valence-electron chi connectivity index (χ4n) is 2.96. The monoisotopic (exact) mass is 290 g/mol. The predicted octanol–water partition coefficient (Wildman–Crippen LogP) is 4.86. The highest BCUT2D eigenvalue weighted by molar-refractivity contribution is 7.14. The van der Waals surface area contributed by atoms with Crippen molar-refractivity contribution >= 4 is 17.1 Å². The third-order valence-corrected chi connectivity index (χ3v) is 5.02. The van der Waals surface area contributed by atoms with E-state index in [1.807, 2.05) is 25.1 Å². The molecule has 0 atom stereocenters. The summed E-state index contributed by atoms with van der Waals surface area (Å²) in [7, 11) is 0. The van der Waals surface area contributed by atoms with Gasteiger partial charge in [0.1, 0.15) is 0 Å². The lowest BCUT2D eigenvalue weighted by atomic mass is 10.0. The van der Waals surface area contributed by atoms with Crippen LogP contribution in [0.25, 0.3) is 11.1 Å². The lowest BCUT2D eigenvalue weighted by Crippen LogP contribution is -1.99. The quantitative estimate of drug-likeness (QED) is 0.482. The number of aryl methyl sites for hydroxylation is 1. The van der Waals surface area contributed by atoms with E-state index in [1.165, 1.54) is 27.1 Å². The van der Waals surface area contributed by atoms with Crippen molar-refractivity contribution in [1.82, 2.24) is 0 Å². The Morgan fingerprint density at radius 3 is 2.57 bits per heavy atom. The Labute approximate surface area is 127 Å². The van der Waals surface area contributed by atoms with Crippen LogP contribution in [0.4, 0.5) is 0 Å². The molecule has 0 radical (unpaired) electrons. The first-order chi connectivity index (χ1) is 10.2. The first-order valence-electron chi connectivity index (χ1n) is 7.05. The fourth-order valence-corrected chi connectivity index (χ4v) is 3.79. The summed E-state index contributed by atoms with van der Waals surface area (Å²) in [5, 5.41) is 0. The number of ketones is 1. The number of carbonyl (C=O) groups is 1. The highest BCUT2D eigenvalue weighted by Crippen LogP contribution is 2.37. The minimum absolute atomic E-state index is 0.125. The van der Waals surface area contributed by atoms with Crippen molar-refractivity contribution in [2.75, 3.05) is 0 Å². The maximum Gasteiger partial charge on any atom is 0.202 e. The van der Waals surface area contributed by atoms with E-state index in [4.69, 9.17) is 0 Å². The largest absolute Gasteiger partial charge is 0.288 e. The van der Waals surface area contributed by atoms with Gasteiger partial charge < -0.3 is 0 Å². The number of carbonyl (C=O) groups excluding carboxylic acids is 1. The molecule has 0 saturated heterocycles. The molecule has 1 aromatic heterocycles. The van der Waals surface area contributed by atoms with Gasteiger partial charge in [0.2, 0.25) is 5.78 Å². The summed E-state index contributed by atoms with van der Waals surface area (Å²) in [4.78, 5) is 14.6. The standard InChI is InChI=1S/C19H14OS/c1-12-6-9-18(21-12)19(20)15-8-7-14-10-13-4-2-3-5-16(13)17(14)11-15/h2-9,11H,10H2,1H3. The van der Waals surface area contributed by atoms with Crippen LogP contribution in [0.5, 0.6) is 0 Å². The average molecular weight is 290 g/mol. The van der Waals surface area contributed by atoms with Gasteiger partial charge in [-0.1, -0.05) is 36.4 Å². The van der Waals surface area contributed by atoms with Crippen molar-refractivity contribution in [3.63, 3.8) is 0 Å². The second-order valence-corrected chi connectivity index (χ2v) is 6.73. The number of fused-ring (bicyclic) bond motifs is 3. The van der Waals surface area contributed by atoms with E-state index in [0.29, 0.717) is 0 Å². The molecule has 1 aliphatic carbocycles. The highest BCUT2D eigenvalue weighted by atomic mass is 32.1. The van der Waals surface area contributed by atoms with E-state index in [1.54, 1.807) is 11.3 Å². The van der Waals surface area contributed by atoms with Gasteiger partial charge in [-0.25, -0.2) is 0 Å². The second-order valence-electron chi connectivity index (χ2n) is 5.45. The molecule has 1 aliphatic rings. The normalized spacial score (nSPS) is 12.0. The summed E-state index contributed by atoms with van der Waals surface area (Å²) in [5.41, 5.74) is 5.93. The smallest absolute Gasteiger partial charge is 0.202 e. The first kappa shape index (κ1) is 12.5. The number of thiophene rings is 1. The molecular formula is C19H14OS. The Hall–Kier alpha value is -2.19. The molecule has 102 valence electrons.